The van der Waals surface area contributed by atoms with Crippen LogP contribution in [0.15, 0.2) is 83.9 Å². The van der Waals surface area contributed by atoms with Crippen LogP contribution in [-0.2, 0) is 6.54 Å². The Morgan fingerprint density at radius 3 is 2.32 bits per heavy atom. The van der Waals surface area contributed by atoms with E-state index >= 15 is 0 Å². The van der Waals surface area contributed by atoms with Gasteiger partial charge in [-0.25, -0.2) is 9.37 Å². The molecule has 0 saturated carbocycles. The van der Waals surface area contributed by atoms with Crippen molar-refractivity contribution in [2.24, 2.45) is 0 Å². The number of nitriles is 2. The molecule has 3 heterocycles. The minimum absolute atomic E-state index is 0.0389. The minimum Gasteiger partial charge on any atom is -0.506 e. The Balaban J connectivity index is 1.62. The summed E-state index contributed by atoms with van der Waals surface area (Å²) in [5.74, 6) is -1.79. The van der Waals surface area contributed by atoms with Gasteiger partial charge in [-0.05, 0) is 60.5 Å². The molecule has 5 rings (SSSR count). The summed E-state index contributed by atoms with van der Waals surface area (Å²) in [4.78, 5) is 35.8. The summed E-state index contributed by atoms with van der Waals surface area (Å²) in [5, 5.41) is 32.3. The van der Waals surface area contributed by atoms with Gasteiger partial charge < -0.3 is 10.4 Å². The molecule has 0 saturated heterocycles. The standard InChI is InChI=1S/C31H21FN6O3/c1-18(22-7-2-19(13-33)3-8-22)37-30(40)27-28(39)25-12-23(26-11-6-21(14-34)15-35-26)16-36-29(25)38(31(27)41)17-20-4-9-24(32)10-5-20/h2-12,15-16,18,39H,17H2,1H3,(H,37,40). The summed E-state index contributed by atoms with van der Waals surface area (Å²) in [6, 6.07) is 20.4. The van der Waals surface area contributed by atoms with Gasteiger partial charge in [0.05, 0.1) is 40.9 Å². The molecule has 0 radical (unpaired) electrons. The molecule has 1 amide bonds. The summed E-state index contributed by atoms with van der Waals surface area (Å²) < 4.78 is 14.8. The molecule has 0 fully saturated rings. The second-order valence-electron chi connectivity index (χ2n) is 9.31. The van der Waals surface area contributed by atoms with E-state index in [1.807, 2.05) is 12.1 Å². The van der Waals surface area contributed by atoms with Gasteiger partial charge >= 0.3 is 0 Å². The van der Waals surface area contributed by atoms with Crippen molar-refractivity contribution in [1.82, 2.24) is 19.9 Å². The van der Waals surface area contributed by atoms with Crippen LogP contribution < -0.4 is 10.9 Å². The van der Waals surface area contributed by atoms with Crippen LogP contribution in [0.1, 0.15) is 45.6 Å². The molecule has 0 spiro atoms. The Kier molecular flexibility index (Phi) is 7.23. The van der Waals surface area contributed by atoms with Gasteiger partial charge in [-0.2, -0.15) is 10.5 Å². The Labute approximate surface area is 233 Å². The Morgan fingerprint density at radius 2 is 1.68 bits per heavy atom. The van der Waals surface area contributed by atoms with Crippen LogP contribution >= 0.6 is 0 Å². The number of pyridine rings is 3. The summed E-state index contributed by atoms with van der Waals surface area (Å²) in [6.45, 7) is 1.67. The van der Waals surface area contributed by atoms with E-state index in [-0.39, 0.29) is 17.6 Å². The second-order valence-corrected chi connectivity index (χ2v) is 9.31. The van der Waals surface area contributed by atoms with Gasteiger partial charge in [0, 0.05) is 18.0 Å². The monoisotopic (exact) mass is 544 g/mol. The lowest BCUT2D eigenvalue weighted by atomic mass is 10.0. The van der Waals surface area contributed by atoms with Crippen LogP contribution in [0.4, 0.5) is 4.39 Å². The van der Waals surface area contributed by atoms with E-state index in [4.69, 9.17) is 10.5 Å². The highest BCUT2D eigenvalue weighted by Crippen LogP contribution is 2.30. The maximum atomic E-state index is 13.7. The predicted molar refractivity (Wildman–Crippen MR) is 148 cm³/mol. The number of nitrogens with one attached hydrogen (secondary N) is 1. The van der Waals surface area contributed by atoms with E-state index in [1.165, 1.54) is 41.2 Å². The number of aromatic nitrogens is 3. The fourth-order valence-electron chi connectivity index (χ4n) is 4.41. The number of benzene rings is 2. The number of halogens is 1. The lowest BCUT2D eigenvalue weighted by Crippen LogP contribution is -2.35. The zero-order valence-corrected chi connectivity index (χ0v) is 21.7. The first-order chi connectivity index (χ1) is 19.8. The molecule has 10 heteroatoms. The van der Waals surface area contributed by atoms with E-state index in [9.17, 15) is 19.1 Å². The summed E-state index contributed by atoms with van der Waals surface area (Å²) >= 11 is 0. The number of nitrogens with zero attached hydrogens (tertiary/aromatic N) is 5. The number of hydrogen-bond donors (Lipinski definition) is 2. The minimum atomic E-state index is -0.805. The highest BCUT2D eigenvalue weighted by Gasteiger charge is 2.25. The lowest BCUT2D eigenvalue weighted by Gasteiger charge is -2.18. The van der Waals surface area contributed by atoms with Crippen LogP contribution in [0.2, 0.25) is 0 Å². The number of carbonyl (C=O) groups excluding carboxylic acids is 1. The van der Waals surface area contributed by atoms with Gasteiger partial charge in [-0.1, -0.05) is 24.3 Å². The van der Waals surface area contributed by atoms with Crippen LogP contribution in [0, 0.1) is 28.5 Å². The van der Waals surface area contributed by atoms with Crippen molar-refractivity contribution in [2.45, 2.75) is 19.5 Å². The van der Waals surface area contributed by atoms with E-state index in [1.54, 1.807) is 49.4 Å². The summed E-state index contributed by atoms with van der Waals surface area (Å²) in [5.41, 5.74) is 1.92. The first-order valence-electron chi connectivity index (χ1n) is 12.5. The molecule has 0 aliphatic rings. The molecule has 0 bridgehead atoms. The molecule has 2 N–H and O–H groups in total. The van der Waals surface area contributed by atoms with E-state index < -0.39 is 34.6 Å². The van der Waals surface area contributed by atoms with E-state index in [0.717, 1.165) is 0 Å². The molecule has 0 aliphatic heterocycles. The molecule has 2 aromatic carbocycles. The molecule has 0 aliphatic carbocycles. The Bertz CT molecular complexity index is 1920. The van der Waals surface area contributed by atoms with Crippen LogP contribution in [0.25, 0.3) is 22.3 Å². The van der Waals surface area contributed by atoms with Crippen LogP contribution in [0.5, 0.6) is 5.75 Å². The van der Waals surface area contributed by atoms with Crippen molar-refractivity contribution in [3.05, 3.63) is 123 Å². The molecular weight excluding hydrogens is 523 g/mol. The molecule has 9 nitrogen and oxygen atoms in total. The van der Waals surface area contributed by atoms with Gasteiger partial charge in [-0.15, -0.1) is 0 Å². The van der Waals surface area contributed by atoms with Crippen LogP contribution in [0.3, 0.4) is 0 Å². The second kappa shape index (κ2) is 11.1. The fraction of sp³-hybridized carbons (Fsp3) is 0.0968. The first-order valence-corrected chi connectivity index (χ1v) is 12.5. The highest BCUT2D eigenvalue weighted by atomic mass is 19.1. The Morgan fingerprint density at radius 1 is 1.00 bits per heavy atom. The van der Waals surface area contributed by atoms with Crippen molar-refractivity contribution in [2.75, 3.05) is 0 Å². The topological polar surface area (TPSA) is 145 Å². The zero-order chi connectivity index (χ0) is 29.1. The third kappa shape index (κ3) is 5.35. The number of hydrogen-bond acceptors (Lipinski definition) is 7. The smallest absolute Gasteiger partial charge is 0.269 e. The summed E-state index contributed by atoms with van der Waals surface area (Å²) in [7, 11) is 0. The number of amides is 1. The number of aromatic hydroxyl groups is 1. The van der Waals surface area contributed by atoms with E-state index in [0.29, 0.717) is 33.5 Å². The largest absolute Gasteiger partial charge is 0.506 e. The van der Waals surface area contributed by atoms with Crippen molar-refractivity contribution in [3.63, 3.8) is 0 Å². The normalized spacial score (nSPS) is 11.4. The van der Waals surface area contributed by atoms with Gasteiger partial charge in [-0.3, -0.25) is 19.1 Å². The van der Waals surface area contributed by atoms with Crippen molar-refractivity contribution in [3.8, 4) is 29.1 Å². The zero-order valence-electron chi connectivity index (χ0n) is 21.7. The molecule has 1 atom stereocenters. The third-order valence-corrected chi connectivity index (χ3v) is 6.63. The van der Waals surface area contributed by atoms with Crippen molar-refractivity contribution in [1.29, 1.82) is 10.5 Å². The van der Waals surface area contributed by atoms with Gasteiger partial charge in [0.1, 0.15) is 28.8 Å². The number of fused-ring (bicyclic) bond motifs is 1. The average Bonchev–Trinajstić information content (AvgIpc) is 3.00. The number of carbonyl (C=O) groups is 1. The highest BCUT2D eigenvalue weighted by molar-refractivity contribution is 6.02. The molecular formula is C31H21FN6O3. The molecule has 200 valence electrons. The quantitative estimate of drug-likeness (QED) is 0.318. The fourth-order valence-corrected chi connectivity index (χ4v) is 4.41. The molecule has 1 unspecified atom stereocenters. The lowest BCUT2D eigenvalue weighted by molar-refractivity contribution is 0.0935. The maximum absolute atomic E-state index is 13.7. The SMILES string of the molecule is CC(NC(=O)c1c(O)c2cc(-c3ccc(C#N)cn3)cnc2n(Cc2ccc(F)cc2)c1=O)c1ccc(C#N)cc1. The third-order valence-electron chi connectivity index (χ3n) is 6.63. The number of rotatable bonds is 6. The summed E-state index contributed by atoms with van der Waals surface area (Å²) in [6.07, 6.45) is 2.88. The predicted octanol–water partition coefficient (Wildman–Crippen LogP) is 4.59. The van der Waals surface area contributed by atoms with Gasteiger partial charge in [0.25, 0.3) is 11.5 Å². The average molecular weight is 545 g/mol. The maximum Gasteiger partial charge on any atom is 0.269 e. The first kappa shape index (κ1) is 26.7. The molecule has 3 aromatic heterocycles. The van der Waals surface area contributed by atoms with Gasteiger partial charge in [0.2, 0.25) is 0 Å². The van der Waals surface area contributed by atoms with Crippen molar-refractivity contribution >= 4 is 16.9 Å². The Hall–Kier alpha value is -5.87. The molecule has 41 heavy (non-hydrogen) atoms. The van der Waals surface area contributed by atoms with Gasteiger partial charge in [0.15, 0.2) is 0 Å². The van der Waals surface area contributed by atoms with E-state index in [2.05, 4.69) is 15.3 Å². The van der Waals surface area contributed by atoms with Crippen LogP contribution in [-0.4, -0.2) is 25.5 Å². The van der Waals surface area contributed by atoms with Crippen molar-refractivity contribution < 1.29 is 14.3 Å². The molecule has 5 aromatic rings.